The van der Waals surface area contributed by atoms with Crippen LogP contribution in [0, 0.1) is 16.0 Å². The molecule has 2 N–H and O–H groups in total. The van der Waals surface area contributed by atoms with Gasteiger partial charge in [-0.3, -0.25) is 14.9 Å². The molecule has 7 heteroatoms. The van der Waals surface area contributed by atoms with E-state index in [1.165, 1.54) is 26.2 Å². The molecule has 1 unspecified atom stereocenters. The van der Waals surface area contributed by atoms with Crippen LogP contribution in [0.1, 0.15) is 6.92 Å². The van der Waals surface area contributed by atoms with Crippen molar-refractivity contribution in [1.29, 1.82) is 0 Å². The normalized spacial score (nSPS) is 11.7. The number of ether oxygens (including phenoxy) is 1. The Hall–Kier alpha value is -2.31. The summed E-state index contributed by atoms with van der Waals surface area (Å²) in [4.78, 5) is 21.1. The fourth-order valence-corrected chi connectivity index (χ4v) is 1.37. The Morgan fingerprint density at radius 3 is 2.78 bits per heavy atom. The van der Waals surface area contributed by atoms with Gasteiger partial charge in [0, 0.05) is 6.54 Å². The maximum absolute atomic E-state index is 10.9. The summed E-state index contributed by atoms with van der Waals surface area (Å²) in [7, 11) is 1.34. The molecule has 1 aromatic rings. The SMILES string of the molecule is COc1cccc(NCC(C)C(=O)O)c1[N+](=O)[O-]. The van der Waals surface area contributed by atoms with E-state index in [1.54, 1.807) is 6.07 Å². The van der Waals surface area contributed by atoms with Crippen LogP contribution in [0.3, 0.4) is 0 Å². The second kappa shape index (κ2) is 5.85. The average Bonchev–Trinajstić information content (AvgIpc) is 2.34. The highest BCUT2D eigenvalue weighted by Crippen LogP contribution is 2.34. The standard InChI is InChI=1S/C11H14N2O5/c1-7(11(14)15)6-12-8-4-3-5-9(18-2)10(8)13(16)17/h3-5,7,12H,6H2,1-2H3,(H,14,15). The van der Waals surface area contributed by atoms with Crippen molar-refractivity contribution in [3.8, 4) is 5.75 Å². The number of hydrogen-bond acceptors (Lipinski definition) is 5. The molecule has 0 aliphatic rings. The van der Waals surface area contributed by atoms with E-state index in [9.17, 15) is 14.9 Å². The first-order valence-electron chi connectivity index (χ1n) is 5.25. The fraction of sp³-hybridized carbons (Fsp3) is 0.364. The van der Waals surface area contributed by atoms with Gasteiger partial charge >= 0.3 is 11.7 Å². The van der Waals surface area contributed by atoms with E-state index in [0.717, 1.165) is 0 Å². The molecule has 0 radical (unpaired) electrons. The van der Waals surface area contributed by atoms with Gasteiger partial charge in [-0.15, -0.1) is 0 Å². The molecule has 0 aliphatic carbocycles. The summed E-state index contributed by atoms with van der Waals surface area (Å²) in [5.41, 5.74) is 0.0463. The number of methoxy groups -OCH3 is 1. The van der Waals surface area contributed by atoms with Gasteiger partial charge in [0.05, 0.1) is 18.0 Å². The van der Waals surface area contributed by atoms with Gasteiger partial charge in [-0.2, -0.15) is 0 Å². The quantitative estimate of drug-likeness (QED) is 0.592. The van der Waals surface area contributed by atoms with Crippen LogP contribution >= 0.6 is 0 Å². The van der Waals surface area contributed by atoms with Crippen molar-refractivity contribution < 1.29 is 19.6 Å². The minimum atomic E-state index is -0.965. The second-order valence-corrected chi connectivity index (χ2v) is 3.73. The number of nitrogens with zero attached hydrogens (tertiary/aromatic N) is 1. The summed E-state index contributed by atoms with van der Waals surface area (Å²) in [5.74, 6) is -1.48. The number of aliphatic carboxylic acids is 1. The maximum Gasteiger partial charge on any atom is 0.333 e. The van der Waals surface area contributed by atoms with Crippen molar-refractivity contribution in [2.24, 2.45) is 5.92 Å². The zero-order valence-corrected chi connectivity index (χ0v) is 10.0. The first-order valence-corrected chi connectivity index (χ1v) is 5.25. The largest absolute Gasteiger partial charge is 0.490 e. The van der Waals surface area contributed by atoms with Crippen LogP contribution in [0.4, 0.5) is 11.4 Å². The van der Waals surface area contributed by atoms with Gasteiger partial charge < -0.3 is 15.2 Å². The number of anilines is 1. The minimum Gasteiger partial charge on any atom is -0.490 e. The number of carboxylic acid groups (broad SMARTS) is 1. The van der Waals surface area contributed by atoms with E-state index in [1.807, 2.05) is 0 Å². The molecule has 0 saturated carbocycles. The monoisotopic (exact) mass is 254 g/mol. The molecule has 0 aliphatic heterocycles. The molecule has 0 heterocycles. The lowest BCUT2D eigenvalue weighted by Crippen LogP contribution is -2.20. The van der Waals surface area contributed by atoms with E-state index in [2.05, 4.69) is 5.32 Å². The molecule has 7 nitrogen and oxygen atoms in total. The van der Waals surface area contributed by atoms with Crippen LogP contribution in [-0.4, -0.2) is 29.7 Å². The maximum atomic E-state index is 10.9. The Kier molecular flexibility index (Phi) is 4.47. The van der Waals surface area contributed by atoms with Gasteiger partial charge in [-0.1, -0.05) is 13.0 Å². The molecular formula is C11H14N2O5. The lowest BCUT2D eigenvalue weighted by Gasteiger charge is -2.11. The molecule has 0 amide bonds. The van der Waals surface area contributed by atoms with Crippen LogP contribution in [-0.2, 0) is 4.79 Å². The van der Waals surface area contributed by atoms with Crippen LogP contribution in [0.25, 0.3) is 0 Å². The molecule has 0 aromatic heterocycles. The number of para-hydroxylation sites is 1. The zero-order chi connectivity index (χ0) is 13.7. The minimum absolute atomic E-state index is 0.101. The van der Waals surface area contributed by atoms with Gasteiger partial charge in [0.25, 0.3) is 0 Å². The first-order chi connectivity index (χ1) is 8.47. The summed E-state index contributed by atoms with van der Waals surface area (Å²) >= 11 is 0. The Balaban J connectivity index is 2.95. The molecule has 18 heavy (non-hydrogen) atoms. The Morgan fingerprint density at radius 1 is 1.61 bits per heavy atom. The van der Waals surface area contributed by atoms with Gasteiger partial charge in [0.1, 0.15) is 5.69 Å². The number of benzene rings is 1. The van der Waals surface area contributed by atoms with Gasteiger partial charge in [0.15, 0.2) is 5.75 Å². The second-order valence-electron chi connectivity index (χ2n) is 3.73. The smallest absolute Gasteiger partial charge is 0.333 e. The Bertz CT molecular complexity index is 461. The van der Waals surface area contributed by atoms with E-state index in [0.29, 0.717) is 0 Å². The average molecular weight is 254 g/mol. The number of nitrogens with one attached hydrogen (secondary N) is 1. The van der Waals surface area contributed by atoms with Crippen molar-refractivity contribution in [1.82, 2.24) is 0 Å². The van der Waals surface area contributed by atoms with Gasteiger partial charge in [-0.05, 0) is 12.1 Å². The summed E-state index contributed by atoms with van der Waals surface area (Å²) in [5, 5.41) is 22.4. The van der Waals surface area contributed by atoms with Crippen molar-refractivity contribution in [3.63, 3.8) is 0 Å². The van der Waals surface area contributed by atoms with Crippen LogP contribution < -0.4 is 10.1 Å². The predicted octanol–water partition coefficient (Wildman–Crippen LogP) is 1.74. The number of rotatable bonds is 6. The highest BCUT2D eigenvalue weighted by atomic mass is 16.6. The molecule has 1 rings (SSSR count). The Labute approximate surface area is 104 Å². The molecule has 98 valence electrons. The number of carbonyl (C=O) groups is 1. The van der Waals surface area contributed by atoms with Crippen molar-refractivity contribution in [2.75, 3.05) is 19.0 Å². The fourth-order valence-electron chi connectivity index (χ4n) is 1.37. The third-order valence-electron chi connectivity index (χ3n) is 2.42. The number of hydrogen-bond donors (Lipinski definition) is 2. The molecule has 0 saturated heterocycles. The molecule has 0 spiro atoms. The third kappa shape index (κ3) is 3.09. The molecular weight excluding hydrogens is 240 g/mol. The molecule has 0 bridgehead atoms. The predicted molar refractivity (Wildman–Crippen MR) is 64.9 cm³/mol. The summed E-state index contributed by atoms with van der Waals surface area (Å²) in [6.07, 6.45) is 0. The van der Waals surface area contributed by atoms with E-state index < -0.39 is 16.8 Å². The van der Waals surface area contributed by atoms with Gasteiger partial charge in [0.2, 0.25) is 0 Å². The lowest BCUT2D eigenvalue weighted by atomic mass is 10.1. The topological polar surface area (TPSA) is 102 Å². The van der Waals surface area contributed by atoms with Crippen molar-refractivity contribution in [3.05, 3.63) is 28.3 Å². The first kappa shape index (κ1) is 13.8. The van der Waals surface area contributed by atoms with E-state index in [4.69, 9.17) is 9.84 Å². The summed E-state index contributed by atoms with van der Waals surface area (Å²) in [6.45, 7) is 1.62. The van der Waals surface area contributed by atoms with Crippen LogP contribution in [0.5, 0.6) is 5.75 Å². The highest BCUT2D eigenvalue weighted by Gasteiger charge is 2.21. The summed E-state index contributed by atoms with van der Waals surface area (Å²) in [6, 6.07) is 4.58. The lowest BCUT2D eigenvalue weighted by molar-refractivity contribution is -0.384. The molecule has 1 atom stereocenters. The van der Waals surface area contributed by atoms with E-state index >= 15 is 0 Å². The number of nitro groups is 1. The van der Waals surface area contributed by atoms with Crippen LogP contribution in [0.2, 0.25) is 0 Å². The molecule has 1 aromatic carbocycles. The highest BCUT2D eigenvalue weighted by molar-refractivity contribution is 5.72. The number of carboxylic acids is 1. The third-order valence-corrected chi connectivity index (χ3v) is 2.42. The van der Waals surface area contributed by atoms with Crippen molar-refractivity contribution in [2.45, 2.75) is 6.92 Å². The summed E-state index contributed by atoms with van der Waals surface area (Å²) < 4.78 is 4.90. The van der Waals surface area contributed by atoms with Crippen LogP contribution in [0.15, 0.2) is 18.2 Å². The number of nitro benzene ring substituents is 1. The molecule has 0 fully saturated rings. The van der Waals surface area contributed by atoms with Gasteiger partial charge in [-0.25, -0.2) is 0 Å². The Morgan fingerprint density at radius 2 is 2.28 bits per heavy atom. The van der Waals surface area contributed by atoms with E-state index in [-0.39, 0.29) is 23.7 Å². The van der Waals surface area contributed by atoms with Crippen molar-refractivity contribution >= 4 is 17.3 Å². The zero-order valence-electron chi connectivity index (χ0n) is 10.0.